The van der Waals surface area contributed by atoms with E-state index >= 15 is 0 Å². The van der Waals surface area contributed by atoms with Crippen LogP contribution in [0.1, 0.15) is 26.2 Å². The Kier molecular flexibility index (Phi) is 7.32. The lowest BCUT2D eigenvalue weighted by atomic mass is 9.97. The van der Waals surface area contributed by atoms with Gasteiger partial charge in [-0.3, -0.25) is 0 Å². The molecule has 2 amide bonds. The van der Waals surface area contributed by atoms with Crippen LogP contribution in [0.5, 0.6) is 0 Å². The molecule has 7 heteroatoms. The van der Waals surface area contributed by atoms with E-state index in [2.05, 4.69) is 22.5 Å². The lowest BCUT2D eigenvalue weighted by Crippen LogP contribution is -2.48. The number of hydrogen-bond acceptors (Lipinski definition) is 4. The molecule has 1 fully saturated rings. The van der Waals surface area contributed by atoms with Crippen LogP contribution in [0, 0.1) is 5.92 Å². The van der Waals surface area contributed by atoms with Gasteiger partial charge in [0.15, 0.2) is 0 Å². The van der Waals surface area contributed by atoms with Crippen molar-refractivity contribution in [1.29, 1.82) is 0 Å². The van der Waals surface area contributed by atoms with Crippen LogP contribution in [0.25, 0.3) is 0 Å². The molecule has 0 aromatic heterocycles. The normalized spacial score (nSPS) is 18.5. The number of hydrogen-bond donors (Lipinski definition) is 4. The van der Waals surface area contributed by atoms with Gasteiger partial charge in [-0.2, -0.15) is 0 Å². The van der Waals surface area contributed by atoms with Crippen molar-refractivity contribution in [3.63, 3.8) is 0 Å². The summed E-state index contributed by atoms with van der Waals surface area (Å²) in [6, 6.07) is -1.52. The zero-order valence-corrected chi connectivity index (χ0v) is 12.0. The van der Waals surface area contributed by atoms with Gasteiger partial charge in [-0.05, 0) is 38.4 Å². The maximum absolute atomic E-state index is 11.6. The predicted octanol–water partition coefficient (Wildman–Crippen LogP) is -0.147. The fourth-order valence-corrected chi connectivity index (χ4v) is 2.34. The predicted molar refractivity (Wildman–Crippen MR) is 74.5 cm³/mol. The van der Waals surface area contributed by atoms with Crippen molar-refractivity contribution >= 4 is 12.0 Å². The van der Waals surface area contributed by atoms with Crippen LogP contribution in [0.3, 0.4) is 0 Å². The first-order valence-electron chi connectivity index (χ1n) is 7.17. The highest BCUT2D eigenvalue weighted by atomic mass is 16.4. The van der Waals surface area contributed by atoms with Crippen LogP contribution in [-0.2, 0) is 4.79 Å². The minimum Gasteiger partial charge on any atom is -0.480 e. The van der Waals surface area contributed by atoms with Crippen molar-refractivity contribution in [2.75, 3.05) is 32.8 Å². The zero-order chi connectivity index (χ0) is 15.0. The van der Waals surface area contributed by atoms with Gasteiger partial charge in [0.05, 0.1) is 0 Å². The van der Waals surface area contributed by atoms with Crippen molar-refractivity contribution in [2.45, 2.75) is 32.2 Å². The lowest BCUT2D eigenvalue weighted by Gasteiger charge is -2.31. The summed E-state index contributed by atoms with van der Waals surface area (Å²) in [5, 5.41) is 22.7. The highest BCUT2D eigenvalue weighted by Crippen LogP contribution is 2.15. The maximum Gasteiger partial charge on any atom is 0.326 e. The van der Waals surface area contributed by atoms with Gasteiger partial charge in [0.1, 0.15) is 6.04 Å². The second-order valence-electron chi connectivity index (χ2n) is 5.14. The Hall–Kier alpha value is -1.34. The summed E-state index contributed by atoms with van der Waals surface area (Å²) >= 11 is 0. The largest absolute Gasteiger partial charge is 0.480 e. The third-order valence-corrected chi connectivity index (χ3v) is 3.73. The number of urea groups is 1. The van der Waals surface area contributed by atoms with Gasteiger partial charge < -0.3 is 25.7 Å². The summed E-state index contributed by atoms with van der Waals surface area (Å²) in [6.07, 6.45) is 2.11. The summed E-state index contributed by atoms with van der Waals surface area (Å²) in [5.41, 5.74) is 0. The molecule has 0 aromatic carbocycles. The van der Waals surface area contributed by atoms with Crippen molar-refractivity contribution in [1.82, 2.24) is 15.5 Å². The number of likely N-dealkylation sites (tertiary alicyclic amines) is 1. The molecule has 1 rings (SSSR count). The number of nitrogens with one attached hydrogen (secondary N) is 2. The molecule has 0 bridgehead atoms. The molecular formula is C13H25N3O4. The number of amides is 2. The summed E-state index contributed by atoms with van der Waals surface area (Å²) in [6.45, 7) is 5.59. The van der Waals surface area contributed by atoms with Crippen LogP contribution in [-0.4, -0.2) is 65.9 Å². The first-order chi connectivity index (χ1) is 9.56. The van der Waals surface area contributed by atoms with Crippen molar-refractivity contribution in [3.05, 3.63) is 0 Å². The minimum atomic E-state index is -1.13. The number of carboxylic acids is 1. The SMILES string of the molecule is CCN1CCC(CNC(=O)N[C@H](CCO)C(=O)O)CC1. The van der Waals surface area contributed by atoms with Gasteiger partial charge in [-0.25, -0.2) is 9.59 Å². The van der Waals surface area contributed by atoms with Crippen LogP contribution < -0.4 is 10.6 Å². The third-order valence-electron chi connectivity index (χ3n) is 3.73. The molecule has 0 radical (unpaired) electrons. The molecule has 20 heavy (non-hydrogen) atoms. The van der Waals surface area contributed by atoms with E-state index in [0.29, 0.717) is 12.5 Å². The lowest BCUT2D eigenvalue weighted by molar-refractivity contribution is -0.139. The summed E-state index contributed by atoms with van der Waals surface area (Å²) < 4.78 is 0. The summed E-state index contributed by atoms with van der Waals surface area (Å²) in [5.74, 6) is -0.685. The average Bonchev–Trinajstić information content (AvgIpc) is 2.45. The number of carbonyl (C=O) groups excluding carboxylic acids is 1. The molecule has 1 atom stereocenters. The van der Waals surface area contributed by atoms with Gasteiger partial charge in [-0.15, -0.1) is 0 Å². The Morgan fingerprint density at radius 2 is 2.00 bits per heavy atom. The first-order valence-corrected chi connectivity index (χ1v) is 7.17. The van der Waals surface area contributed by atoms with Crippen LogP contribution in [0.4, 0.5) is 4.79 Å². The molecule has 0 spiro atoms. The Bertz CT molecular complexity index is 317. The van der Waals surface area contributed by atoms with Crippen molar-refractivity contribution < 1.29 is 19.8 Å². The monoisotopic (exact) mass is 287 g/mol. The van der Waals surface area contributed by atoms with Crippen LogP contribution in [0.2, 0.25) is 0 Å². The summed E-state index contributed by atoms with van der Waals surface area (Å²) in [7, 11) is 0. The molecule has 7 nitrogen and oxygen atoms in total. The molecule has 0 aliphatic carbocycles. The number of aliphatic hydroxyl groups excluding tert-OH is 1. The van der Waals surface area contributed by atoms with Gasteiger partial charge in [0, 0.05) is 19.6 Å². The Morgan fingerprint density at radius 1 is 1.35 bits per heavy atom. The topological polar surface area (TPSA) is 102 Å². The number of aliphatic carboxylic acids is 1. The van der Waals surface area contributed by atoms with Gasteiger partial charge in [-0.1, -0.05) is 6.92 Å². The average molecular weight is 287 g/mol. The Morgan fingerprint density at radius 3 is 2.50 bits per heavy atom. The second-order valence-corrected chi connectivity index (χ2v) is 5.14. The highest BCUT2D eigenvalue weighted by molar-refractivity contribution is 5.82. The van der Waals surface area contributed by atoms with E-state index < -0.39 is 18.0 Å². The Balaban J connectivity index is 2.24. The van der Waals surface area contributed by atoms with E-state index in [1.165, 1.54) is 0 Å². The highest BCUT2D eigenvalue weighted by Gasteiger charge is 2.21. The molecule has 0 aromatic rings. The molecular weight excluding hydrogens is 262 g/mol. The molecule has 4 N–H and O–H groups in total. The molecule has 1 saturated heterocycles. The van der Waals surface area contributed by atoms with Gasteiger partial charge in [0.25, 0.3) is 0 Å². The van der Waals surface area contributed by atoms with E-state index in [1.54, 1.807) is 0 Å². The Labute approximate surface area is 119 Å². The van der Waals surface area contributed by atoms with E-state index in [-0.39, 0.29) is 13.0 Å². The number of carboxylic acid groups (broad SMARTS) is 1. The number of rotatable bonds is 7. The molecule has 0 unspecified atom stereocenters. The van der Waals surface area contributed by atoms with E-state index in [1.807, 2.05) is 0 Å². The number of nitrogens with zero attached hydrogens (tertiary/aromatic N) is 1. The smallest absolute Gasteiger partial charge is 0.326 e. The minimum absolute atomic E-state index is 0.0115. The zero-order valence-electron chi connectivity index (χ0n) is 12.0. The van der Waals surface area contributed by atoms with Crippen molar-refractivity contribution in [2.24, 2.45) is 5.92 Å². The van der Waals surface area contributed by atoms with Crippen molar-refractivity contribution in [3.8, 4) is 0 Å². The molecule has 0 saturated carbocycles. The number of aliphatic hydroxyl groups is 1. The second kappa shape index (κ2) is 8.76. The van der Waals surface area contributed by atoms with Crippen LogP contribution >= 0.6 is 0 Å². The standard InChI is InChI=1S/C13H25N3O4/c1-2-16-6-3-10(4-7-16)9-14-13(20)15-11(5-8-17)12(18)19/h10-11,17H,2-9H2,1H3,(H,18,19)(H2,14,15,20)/t11-/m1/s1. The fourth-order valence-electron chi connectivity index (χ4n) is 2.34. The molecule has 1 aliphatic heterocycles. The molecule has 1 heterocycles. The summed E-state index contributed by atoms with van der Waals surface area (Å²) in [4.78, 5) is 24.8. The maximum atomic E-state index is 11.6. The molecule has 116 valence electrons. The third kappa shape index (κ3) is 5.75. The quantitative estimate of drug-likeness (QED) is 0.522. The van der Waals surface area contributed by atoms with Gasteiger partial charge >= 0.3 is 12.0 Å². The van der Waals surface area contributed by atoms with E-state index in [9.17, 15) is 9.59 Å². The van der Waals surface area contributed by atoms with E-state index in [4.69, 9.17) is 10.2 Å². The van der Waals surface area contributed by atoms with E-state index in [0.717, 1.165) is 32.5 Å². The first kappa shape index (κ1) is 16.7. The fraction of sp³-hybridized carbons (Fsp3) is 0.846. The number of carbonyl (C=O) groups is 2. The van der Waals surface area contributed by atoms with Gasteiger partial charge in [0.2, 0.25) is 0 Å². The van der Waals surface area contributed by atoms with Crippen LogP contribution in [0.15, 0.2) is 0 Å². The molecule has 1 aliphatic rings. The number of piperidine rings is 1.